The highest BCUT2D eigenvalue weighted by Gasteiger charge is 2.37. The Morgan fingerprint density at radius 3 is 2.46 bits per heavy atom. The van der Waals surface area contributed by atoms with E-state index in [2.05, 4.69) is 0 Å². The average molecular weight is 384 g/mol. The van der Waals surface area contributed by atoms with Gasteiger partial charge in [-0.1, -0.05) is 30.3 Å². The van der Waals surface area contributed by atoms with Crippen LogP contribution in [0.1, 0.15) is 32.8 Å². The van der Waals surface area contributed by atoms with Crippen molar-refractivity contribution in [2.45, 2.75) is 44.6 Å². The Morgan fingerprint density at radius 1 is 1.23 bits per heavy atom. The van der Waals surface area contributed by atoms with E-state index in [1.807, 2.05) is 6.07 Å². The van der Waals surface area contributed by atoms with Crippen molar-refractivity contribution in [3.05, 3.63) is 35.9 Å². The number of carbonyl (C=O) groups excluding carboxylic acids is 1. The van der Waals surface area contributed by atoms with Crippen LogP contribution in [0, 0.1) is 0 Å². The summed E-state index contributed by atoms with van der Waals surface area (Å²) in [4.78, 5) is 13.8. The molecule has 26 heavy (non-hydrogen) atoms. The summed E-state index contributed by atoms with van der Waals surface area (Å²) in [5.74, 6) is -0.0950. The largest absolute Gasteiger partial charge is 0.444 e. The maximum absolute atomic E-state index is 12.9. The molecule has 1 N–H and O–H groups in total. The fourth-order valence-electron chi connectivity index (χ4n) is 2.95. The van der Waals surface area contributed by atoms with E-state index in [0.717, 1.165) is 0 Å². The molecule has 1 unspecified atom stereocenters. The Bertz CT molecular complexity index is 700. The smallest absolute Gasteiger partial charge is 0.410 e. The lowest BCUT2D eigenvalue weighted by Crippen LogP contribution is -2.57. The number of aliphatic hydroxyl groups excluding tert-OH is 1. The van der Waals surface area contributed by atoms with Crippen LogP contribution in [0.3, 0.4) is 0 Å². The first kappa shape index (κ1) is 20.7. The first-order valence-corrected chi connectivity index (χ1v) is 10.4. The average Bonchev–Trinajstić information content (AvgIpc) is 2.54. The van der Waals surface area contributed by atoms with E-state index in [1.54, 1.807) is 45.0 Å². The highest BCUT2D eigenvalue weighted by molar-refractivity contribution is 7.88. The van der Waals surface area contributed by atoms with E-state index < -0.39 is 27.8 Å². The number of hydrogen-bond acceptors (Lipinski definition) is 5. The molecule has 0 saturated carbocycles. The van der Waals surface area contributed by atoms with Gasteiger partial charge in [-0.2, -0.15) is 4.31 Å². The SMILES string of the molecule is CC(C)(C)OC(=O)N1CCN(S(=O)(=O)Cc2ccccc2)C(CCO)C1. The van der Waals surface area contributed by atoms with Gasteiger partial charge in [0.1, 0.15) is 5.60 Å². The van der Waals surface area contributed by atoms with Gasteiger partial charge in [0.15, 0.2) is 0 Å². The van der Waals surface area contributed by atoms with Crippen molar-refractivity contribution in [2.24, 2.45) is 0 Å². The number of rotatable bonds is 5. The van der Waals surface area contributed by atoms with Gasteiger partial charge in [-0.25, -0.2) is 13.2 Å². The van der Waals surface area contributed by atoms with Crippen molar-refractivity contribution in [2.75, 3.05) is 26.2 Å². The minimum Gasteiger partial charge on any atom is -0.444 e. The lowest BCUT2D eigenvalue weighted by molar-refractivity contribution is 0.0115. The Labute approximate surface area is 155 Å². The number of sulfonamides is 1. The van der Waals surface area contributed by atoms with Crippen molar-refractivity contribution in [1.29, 1.82) is 0 Å². The Hall–Kier alpha value is -1.64. The molecule has 0 bridgehead atoms. The molecule has 2 rings (SSSR count). The fraction of sp³-hybridized carbons (Fsp3) is 0.611. The second-order valence-electron chi connectivity index (χ2n) is 7.45. The molecule has 0 aliphatic carbocycles. The molecule has 0 radical (unpaired) electrons. The van der Waals surface area contributed by atoms with Gasteiger partial charge in [0.05, 0.1) is 5.75 Å². The number of benzene rings is 1. The van der Waals surface area contributed by atoms with Gasteiger partial charge in [-0.15, -0.1) is 0 Å². The molecule has 8 heteroatoms. The minimum absolute atomic E-state index is 0.0950. The fourth-order valence-corrected chi connectivity index (χ4v) is 4.71. The van der Waals surface area contributed by atoms with Crippen LogP contribution in [0.5, 0.6) is 0 Å². The first-order chi connectivity index (χ1) is 12.1. The molecule has 1 fully saturated rings. The maximum atomic E-state index is 12.9. The van der Waals surface area contributed by atoms with Crippen molar-refractivity contribution >= 4 is 16.1 Å². The molecule has 1 aromatic rings. The molecule has 1 aliphatic heterocycles. The highest BCUT2D eigenvalue weighted by atomic mass is 32.2. The Morgan fingerprint density at radius 2 is 1.88 bits per heavy atom. The van der Waals surface area contributed by atoms with E-state index in [4.69, 9.17) is 4.74 Å². The van der Waals surface area contributed by atoms with Crippen molar-refractivity contribution < 1.29 is 23.1 Å². The van der Waals surface area contributed by atoms with Gasteiger partial charge in [0.25, 0.3) is 0 Å². The summed E-state index contributed by atoms with van der Waals surface area (Å²) < 4.78 is 32.5. The summed E-state index contributed by atoms with van der Waals surface area (Å²) in [7, 11) is -3.55. The third kappa shape index (κ3) is 5.69. The summed E-state index contributed by atoms with van der Waals surface area (Å²) in [5.41, 5.74) is 0.102. The minimum atomic E-state index is -3.55. The van der Waals surface area contributed by atoms with Crippen LogP contribution in [0.25, 0.3) is 0 Å². The zero-order valence-corrected chi connectivity index (χ0v) is 16.4. The van der Waals surface area contributed by atoms with Crippen molar-refractivity contribution in [3.63, 3.8) is 0 Å². The predicted octanol–water partition coefficient (Wildman–Crippen LogP) is 1.82. The number of piperazine rings is 1. The first-order valence-electron chi connectivity index (χ1n) is 8.74. The second-order valence-corrected chi connectivity index (χ2v) is 9.37. The molecular formula is C18H28N2O5S. The molecule has 146 valence electrons. The van der Waals surface area contributed by atoms with Crippen LogP contribution in [-0.4, -0.2) is 66.7 Å². The predicted molar refractivity (Wildman–Crippen MR) is 99.1 cm³/mol. The quantitative estimate of drug-likeness (QED) is 0.837. The molecule has 1 saturated heterocycles. The van der Waals surface area contributed by atoms with Gasteiger partial charge >= 0.3 is 6.09 Å². The van der Waals surface area contributed by atoms with Gasteiger partial charge in [0.2, 0.25) is 10.0 Å². The lowest BCUT2D eigenvalue weighted by atomic mass is 10.1. The summed E-state index contributed by atoms with van der Waals surface area (Å²) in [6.07, 6.45) is -0.187. The maximum Gasteiger partial charge on any atom is 0.410 e. The summed E-state index contributed by atoms with van der Waals surface area (Å²) in [6.45, 7) is 5.89. The molecule has 1 aromatic carbocycles. The molecule has 0 aromatic heterocycles. The van der Waals surface area contributed by atoms with E-state index >= 15 is 0 Å². The number of ether oxygens (including phenoxy) is 1. The Balaban J connectivity index is 2.11. The highest BCUT2D eigenvalue weighted by Crippen LogP contribution is 2.22. The normalized spacial score (nSPS) is 19.4. The summed E-state index contributed by atoms with van der Waals surface area (Å²) in [5, 5.41) is 9.35. The van der Waals surface area contributed by atoms with Gasteiger partial charge in [-0.05, 0) is 32.8 Å². The van der Waals surface area contributed by atoms with Crippen LogP contribution in [0.15, 0.2) is 30.3 Å². The van der Waals surface area contributed by atoms with Crippen LogP contribution in [-0.2, 0) is 20.5 Å². The summed E-state index contributed by atoms with van der Waals surface area (Å²) >= 11 is 0. The zero-order valence-electron chi connectivity index (χ0n) is 15.6. The third-order valence-corrected chi connectivity index (χ3v) is 5.99. The summed E-state index contributed by atoms with van der Waals surface area (Å²) in [6, 6.07) is 8.53. The van der Waals surface area contributed by atoms with Crippen molar-refractivity contribution in [3.8, 4) is 0 Å². The lowest BCUT2D eigenvalue weighted by Gasteiger charge is -2.40. The third-order valence-electron chi connectivity index (χ3n) is 4.09. The molecule has 1 aliphatic rings. The van der Waals surface area contributed by atoms with Crippen LogP contribution >= 0.6 is 0 Å². The van der Waals surface area contributed by atoms with E-state index in [0.29, 0.717) is 5.56 Å². The number of nitrogens with zero attached hydrogens (tertiary/aromatic N) is 2. The molecule has 1 amide bonds. The van der Waals surface area contributed by atoms with Crippen molar-refractivity contribution in [1.82, 2.24) is 9.21 Å². The Kier molecular flexibility index (Phi) is 6.65. The second kappa shape index (κ2) is 8.37. The van der Waals surface area contributed by atoms with Crippen LogP contribution in [0.4, 0.5) is 4.79 Å². The molecule has 1 atom stereocenters. The molecule has 0 spiro atoms. The van der Waals surface area contributed by atoms with Gasteiger partial charge < -0.3 is 14.7 Å². The monoisotopic (exact) mass is 384 g/mol. The molecule has 7 nitrogen and oxygen atoms in total. The van der Waals surface area contributed by atoms with E-state index in [-0.39, 0.29) is 38.4 Å². The van der Waals surface area contributed by atoms with E-state index in [9.17, 15) is 18.3 Å². The number of carbonyl (C=O) groups is 1. The van der Waals surface area contributed by atoms with Crippen LogP contribution < -0.4 is 0 Å². The van der Waals surface area contributed by atoms with Gasteiger partial charge in [-0.3, -0.25) is 0 Å². The standard InChI is InChI=1S/C18H28N2O5S/c1-18(2,3)25-17(22)19-10-11-20(16(13-19)9-12-21)26(23,24)14-15-7-5-4-6-8-15/h4-8,16,21H,9-14H2,1-3H3. The number of amides is 1. The number of hydrogen-bond donors (Lipinski definition) is 1. The molecular weight excluding hydrogens is 356 g/mol. The number of aliphatic hydroxyl groups is 1. The van der Waals surface area contributed by atoms with E-state index in [1.165, 1.54) is 9.21 Å². The zero-order chi connectivity index (χ0) is 19.4. The van der Waals surface area contributed by atoms with Crippen LogP contribution in [0.2, 0.25) is 0 Å². The van der Waals surface area contributed by atoms with Gasteiger partial charge in [0, 0.05) is 32.3 Å². The topological polar surface area (TPSA) is 87.2 Å². The molecule has 1 heterocycles.